The molecule has 2 aliphatic heterocycles. The molecule has 0 saturated carbocycles. The number of methoxy groups -OCH3 is 1. The Morgan fingerprint density at radius 2 is 2.12 bits per heavy atom. The molecule has 1 saturated heterocycles. The van der Waals surface area contributed by atoms with E-state index in [9.17, 15) is 14.4 Å². The van der Waals surface area contributed by atoms with Crippen LogP contribution in [0.5, 0.6) is 0 Å². The van der Waals surface area contributed by atoms with E-state index in [1.54, 1.807) is 18.1 Å². The van der Waals surface area contributed by atoms with E-state index >= 15 is 0 Å². The zero-order valence-corrected chi connectivity index (χ0v) is 14.2. The molecule has 0 radical (unpaired) electrons. The molecule has 3 amide bonds. The molecule has 3 rings (SSSR count). The van der Waals surface area contributed by atoms with Gasteiger partial charge in [0.25, 0.3) is 0 Å². The molecule has 2 aliphatic rings. The van der Waals surface area contributed by atoms with Gasteiger partial charge in [-0.25, -0.2) is 0 Å². The molecule has 0 bridgehead atoms. The lowest BCUT2D eigenvalue weighted by Gasteiger charge is -2.29. The number of anilines is 2. The highest BCUT2D eigenvalue weighted by Gasteiger charge is 2.25. The summed E-state index contributed by atoms with van der Waals surface area (Å²) in [5.41, 5.74) is 2.49. The minimum Gasteiger partial charge on any atom is -0.364 e. The molecule has 2 heterocycles. The van der Waals surface area contributed by atoms with Crippen molar-refractivity contribution in [3.05, 3.63) is 23.8 Å². The number of fused-ring (bicyclic) bond motifs is 1. The molecule has 1 aromatic carbocycles. The number of nitrogens with zero attached hydrogens (tertiary/aromatic N) is 2. The number of hydrogen-bond acceptors (Lipinski definition) is 5. The smallest absolute Gasteiger partial charge is 0.244 e. The lowest BCUT2D eigenvalue weighted by Crippen LogP contribution is -2.36. The van der Waals surface area contributed by atoms with E-state index in [4.69, 9.17) is 4.74 Å². The molecule has 8 heteroatoms. The van der Waals surface area contributed by atoms with Crippen LogP contribution in [0.15, 0.2) is 18.2 Å². The van der Waals surface area contributed by atoms with Gasteiger partial charge in [-0.05, 0) is 30.2 Å². The summed E-state index contributed by atoms with van der Waals surface area (Å²) >= 11 is 1.51. The van der Waals surface area contributed by atoms with Gasteiger partial charge in [0.15, 0.2) is 0 Å². The van der Waals surface area contributed by atoms with Crippen molar-refractivity contribution in [1.82, 2.24) is 4.90 Å². The quantitative estimate of drug-likeness (QED) is 0.859. The molecule has 24 heavy (non-hydrogen) atoms. The first-order valence-corrected chi connectivity index (χ1v) is 8.81. The topological polar surface area (TPSA) is 79.0 Å². The van der Waals surface area contributed by atoms with Gasteiger partial charge >= 0.3 is 0 Å². The van der Waals surface area contributed by atoms with Crippen LogP contribution in [0.4, 0.5) is 11.4 Å². The number of benzene rings is 1. The van der Waals surface area contributed by atoms with Crippen molar-refractivity contribution >= 4 is 40.9 Å². The monoisotopic (exact) mass is 349 g/mol. The SMILES string of the molecule is COCN1C(=O)CCc2cc(NC(=O)CN3CSCC3=O)ccc21. The van der Waals surface area contributed by atoms with Gasteiger partial charge in [0, 0.05) is 24.9 Å². The Bertz CT molecular complexity index is 679. The number of aryl methyl sites for hydroxylation is 1. The zero-order valence-electron chi connectivity index (χ0n) is 13.4. The van der Waals surface area contributed by atoms with Crippen LogP contribution in [0.3, 0.4) is 0 Å². The molecule has 0 aromatic heterocycles. The van der Waals surface area contributed by atoms with Gasteiger partial charge in [0.2, 0.25) is 17.7 Å². The van der Waals surface area contributed by atoms with Crippen LogP contribution >= 0.6 is 11.8 Å². The van der Waals surface area contributed by atoms with Crippen molar-refractivity contribution in [3.8, 4) is 0 Å². The van der Waals surface area contributed by atoms with Gasteiger partial charge in [0.1, 0.15) is 13.3 Å². The number of carbonyl (C=O) groups is 3. The number of carbonyl (C=O) groups excluding carboxylic acids is 3. The van der Waals surface area contributed by atoms with Gasteiger partial charge in [0.05, 0.1) is 11.6 Å². The standard InChI is InChI=1S/C16H19N3O4S/c1-23-9-19-13-4-3-12(6-11(13)2-5-15(19)21)17-14(20)7-18-10-24-8-16(18)22/h3-4,6H,2,5,7-10H2,1H3,(H,17,20). The zero-order chi connectivity index (χ0) is 17.1. The Kier molecular flexibility index (Phi) is 5.06. The van der Waals surface area contributed by atoms with Crippen LogP contribution in [-0.4, -0.2) is 54.6 Å². The number of thioether (sulfide) groups is 1. The van der Waals surface area contributed by atoms with Crippen molar-refractivity contribution < 1.29 is 19.1 Å². The third-order valence-electron chi connectivity index (χ3n) is 3.98. The van der Waals surface area contributed by atoms with Crippen molar-refractivity contribution in [2.75, 3.05) is 42.2 Å². The second-order valence-corrected chi connectivity index (χ2v) is 6.66. The highest BCUT2D eigenvalue weighted by molar-refractivity contribution is 8.00. The summed E-state index contributed by atoms with van der Waals surface area (Å²) < 4.78 is 5.08. The van der Waals surface area contributed by atoms with Crippen LogP contribution < -0.4 is 10.2 Å². The molecule has 0 spiro atoms. The van der Waals surface area contributed by atoms with E-state index < -0.39 is 0 Å². The van der Waals surface area contributed by atoms with Crippen LogP contribution in [0, 0.1) is 0 Å². The number of amides is 3. The minimum atomic E-state index is -0.216. The van der Waals surface area contributed by atoms with Crippen LogP contribution in [0.1, 0.15) is 12.0 Å². The fourth-order valence-electron chi connectivity index (χ4n) is 2.82. The Morgan fingerprint density at radius 1 is 1.29 bits per heavy atom. The van der Waals surface area contributed by atoms with E-state index in [2.05, 4.69) is 5.32 Å². The molecule has 7 nitrogen and oxygen atoms in total. The maximum Gasteiger partial charge on any atom is 0.244 e. The molecule has 128 valence electrons. The van der Waals surface area contributed by atoms with Crippen molar-refractivity contribution in [2.24, 2.45) is 0 Å². The highest BCUT2D eigenvalue weighted by atomic mass is 32.2. The fraction of sp³-hybridized carbons (Fsp3) is 0.438. The first-order valence-electron chi connectivity index (χ1n) is 7.66. The normalized spacial score (nSPS) is 17.2. The third kappa shape index (κ3) is 3.54. The number of ether oxygens (including phenoxy) is 1. The highest BCUT2D eigenvalue weighted by Crippen LogP contribution is 2.30. The lowest BCUT2D eigenvalue weighted by atomic mass is 10.0. The third-order valence-corrected chi connectivity index (χ3v) is 4.93. The van der Waals surface area contributed by atoms with Crippen molar-refractivity contribution in [3.63, 3.8) is 0 Å². The van der Waals surface area contributed by atoms with Crippen molar-refractivity contribution in [1.29, 1.82) is 0 Å². The van der Waals surface area contributed by atoms with Gasteiger partial charge in [-0.2, -0.15) is 0 Å². The molecular weight excluding hydrogens is 330 g/mol. The van der Waals surface area contributed by atoms with E-state index in [1.165, 1.54) is 16.7 Å². The minimum absolute atomic E-state index is 0.00527. The summed E-state index contributed by atoms with van der Waals surface area (Å²) in [6.45, 7) is 0.281. The average molecular weight is 349 g/mol. The van der Waals surface area contributed by atoms with Gasteiger partial charge in [-0.15, -0.1) is 11.8 Å². The van der Waals surface area contributed by atoms with E-state index in [0.29, 0.717) is 30.2 Å². The molecule has 1 aromatic rings. The predicted molar refractivity (Wildman–Crippen MR) is 91.8 cm³/mol. The summed E-state index contributed by atoms with van der Waals surface area (Å²) in [4.78, 5) is 38.8. The first kappa shape index (κ1) is 16.8. The van der Waals surface area contributed by atoms with Gasteiger partial charge in [-0.3, -0.25) is 19.3 Å². The Labute approximate surface area is 144 Å². The second kappa shape index (κ2) is 7.23. The Morgan fingerprint density at radius 3 is 2.83 bits per heavy atom. The Hall–Kier alpha value is -2.06. The van der Waals surface area contributed by atoms with Crippen molar-refractivity contribution in [2.45, 2.75) is 12.8 Å². The number of hydrogen-bond donors (Lipinski definition) is 1. The first-order chi connectivity index (χ1) is 11.6. The summed E-state index contributed by atoms with van der Waals surface area (Å²) in [6.07, 6.45) is 1.06. The van der Waals surface area contributed by atoms with E-state index in [1.807, 2.05) is 12.1 Å². The summed E-state index contributed by atoms with van der Waals surface area (Å²) in [5, 5.41) is 2.82. The molecule has 1 fully saturated rings. The van der Waals surface area contributed by atoms with Gasteiger partial charge in [-0.1, -0.05) is 0 Å². The average Bonchev–Trinajstić information content (AvgIpc) is 2.95. The molecule has 0 atom stereocenters. The fourth-order valence-corrected chi connectivity index (χ4v) is 3.73. The summed E-state index contributed by atoms with van der Waals surface area (Å²) in [7, 11) is 1.55. The molecule has 0 unspecified atom stereocenters. The maximum atomic E-state index is 12.1. The summed E-state index contributed by atoms with van der Waals surface area (Å²) in [5.74, 6) is 0.812. The molecule has 1 N–H and O–H groups in total. The predicted octanol–water partition coefficient (Wildman–Crippen LogP) is 1.04. The lowest BCUT2D eigenvalue weighted by molar-refractivity contribution is -0.130. The second-order valence-electron chi connectivity index (χ2n) is 5.70. The number of rotatable bonds is 5. The Balaban J connectivity index is 1.68. The van der Waals surface area contributed by atoms with Crippen LogP contribution in [0.25, 0.3) is 0 Å². The summed E-state index contributed by atoms with van der Waals surface area (Å²) in [6, 6.07) is 5.46. The van der Waals surface area contributed by atoms with E-state index in [0.717, 1.165) is 11.3 Å². The maximum absolute atomic E-state index is 12.1. The van der Waals surface area contributed by atoms with E-state index in [-0.39, 0.29) is 31.0 Å². The van der Waals surface area contributed by atoms with Gasteiger partial charge < -0.3 is 15.0 Å². The number of nitrogens with one attached hydrogen (secondary N) is 1. The molecule has 0 aliphatic carbocycles. The largest absolute Gasteiger partial charge is 0.364 e. The molecular formula is C16H19N3O4S. The van der Waals surface area contributed by atoms with Crippen LogP contribution in [-0.2, 0) is 25.5 Å². The van der Waals surface area contributed by atoms with Crippen LogP contribution in [0.2, 0.25) is 0 Å².